The molecule has 1 aliphatic heterocycles. The lowest BCUT2D eigenvalue weighted by molar-refractivity contribution is 0.228. The van der Waals surface area contributed by atoms with Crippen LogP contribution in [0.3, 0.4) is 0 Å². The van der Waals surface area contributed by atoms with Gasteiger partial charge in [0.2, 0.25) is 0 Å². The lowest BCUT2D eigenvalue weighted by Crippen LogP contribution is -2.35. The van der Waals surface area contributed by atoms with Crippen molar-refractivity contribution in [3.63, 3.8) is 0 Å². The number of benzene rings is 1. The topological polar surface area (TPSA) is 44.4 Å². The summed E-state index contributed by atoms with van der Waals surface area (Å²) in [6, 6.07) is 6.90. The Morgan fingerprint density at radius 2 is 1.94 bits per heavy atom. The van der Waals surface area contributed by atoms with Gasteiger partial charge in [-0.3, -0.25) is 5.43 Å². The van der Waals surface area contributed by atoms with E-state index in [1.54, 1.807) is 24.3 Å². The summed E-state index contributed by atoms with van der Waals surface area (Å²) < 4.78 is 0. The van der Waals surface area contributed by atoms with Crippen molar-refractivity contribution in [1.29, 1.82) is 0 Å². The van der Waals surface area contributed by atoms with E-state index in [0.717, 1.165) is 5.69 Å². The van der Waals surface area contributed by atoms with Crippen LogP contribution in [0.2, 0.25) is 5.02 Å². The molecular formula is C12H14ClN3O. The third-order valence-electron chi connectivity index (χ3n) is 2.70. The van der Waals surface area contributed by atoms with Crippen molar-refractivity contribution >= 4 is 23.3 Å². The lowest BCUT2D eigenvalue weighted by Gasteiger charge is -2.22. The average molecular weight is 252 g/mol. The molecule has 1 aliphatic rings. The fourth-order valence-electron chi connectivity index (χ4n) is 1.57. The minimum atomic E-state index is -0.434. The van der Waals surface area contributed by atoms with Gasteiger partial charge in [-0.2, -0.15) is 0 Å². The van der Waals surface area contributed by atoms with Crippen LogP contribution >= 0.6 is 11.6 Å². The van der Waals surface area contributed by atoms with Crippen LogP contribution in [0.15, 0.2) is 36.5 Å². The molecule has 90 valence electrons. The zero-order chi connectivity index (χ0) is 12.6. The predicted molar refractivity (Wildman–Crippen MR) is 68.7 cm³/mol. The van der Waals surface area contributed by atoms with Crippen LogP contribution in [0.4, 0.5) is 10.5 Å². The van der Waals surface area contributed by atoms with Gasteiger partial charge in [-0.15, -0.1) is 0 Å². The number of hydrogen-bond donors (Lipinski definition) is 2. The Morgan fingerprint density at radius 1 is 1.35 bits per heavy atom. The molecule has 0 spiro atoms. The van der Waals surface area contributed by atoms with Crippen molar-refractivity contribution < 1.29 is 4.79 Å². The van der Waals surface area contributed by atoms with E-state index in [4.69, 9.17) is 11.6 Å². The largest absolute Gasteiger partial charge is 0.341 e. The number of halogens is 1. The van der Waals surface area contributed by atoms with Crippen LogP contribution in [0, 0.1) is 0 Å². The summed E-state index contributed by atoms with van der Waals surface area (Å²) in [5.74, 6) is 0. The van der Waals surface area contributed by atoms with E-state index >= 15 is 0 Å². The molecule has 2 N–H and O–H groups in total. The van der Waals surface area contributed by atoms with Gasteiger partial charge in [0, 0.05) is 5.02 Å². The molecule has 0 atom stereocenters. The minimum absolute atomic E-state index is 0.213. The Bertz CT molecular complexity index is 467. The maximum atomic E-state index is 11.7. The first-order valence-electron chi connectivity index (χ1n) is 5.24. The summed E-state index contributed by atoms with van der Waals surface area (Å²) in [6.45, 7) is 7.71. The van der Waals surface area contributed by atoms with Gasteiger partial charge in [0.15, 0.2) is 0 Å². The van der Waals surface area contributed by atoms with E-state index in [2.05, 4.69) is 17.3 Å². The first-order valence-corrected chi connectivity index (χ1v) is 5.62. The molecule has 0 radical (unpaired) electrons. The SMILES string of the molecule is C=C1N(Nc2ccc(Cl)cc2)C(=O)NC1(C)C. The molecule has 2 amide bonds. The first kappa shape index (κ1) is 11.8. The van der Waals surface area contributed by atoms with Crippen molar-refractivity contribution in [2.75, 3.05) is 5.43 Å². The molecule has 5 heteroatoms. The van der Waals surface area contributed by atoms with Crippen LogP contribution in [0.5, 0.6) is 0 Å². The van der Waals surface area contributed by atoms with Gasteiger partial charge in [-0.1, -0.05) is 18.2 Å². The van der Waals surface area contributed by atoms with Crippen molar-refractivity contribution in [1.82, 2.24) is 10.3 Å². The van der Waals surface area contributed by atoms with Gasteiger partial charge < -0.3 is 5.32 Å². The number of anilines is 1. The Kier molecular flexibility index (Phi) is 2.75. The smallest absolute Gasteiger partial charge is 0.326 e. The van der Waals surface area contributed by atoms with Crippen LogP contribution in [-0.2, 0) is 0 Å². The summed E-state index contributed by atoms with van der Waals surface area (Å²) in [5, 5.41) is 4.88. The third kappa shape index (κ3) is 2.22. The number of carbonyl (C=O) groups is 1. The fraction of sp³-hybridized carbons (Fsp3) is 0.250. The Labute approximate surface area is 105 Å². The highest BCUT2D eigenvalue weighted by Gasteiger charge is 2.39. The van der Waals surface area contributed by atoms with Crippen molar-refractivity contribution in [2.45, 2.75) is 19.4 Å². The Morgan fingerprint density at radius 3 is 2.41 bits per heavy atom. The van der Waals surface area contributed by atoms with E-state index in [1.165, 1.54) is 5.01 Å². The van der Waals surface area contributed by atoms with Gasteiger partial charge in [-0.25, -0.2) is 9.80 Å². The molecular weight excluding hydrogens is 238 g/mol. The zero-order valence-corrected chi connectivity index (χ0v) is 10.5. The number of amides is 2. The average Bonchev–Trinajstić information content (AvgIpc) is 2.44. The molecule has 0 aromatic heterocycles. The summed E-state index contributed by atoms with van der Waals surface area (Å²) in [7, 11) is 0. The maximum Gasteiger partial charge on any atom is 0.341 e. The monoisotopic (exact) mass is 251 g/mol. The van der Waals surface area contributed by atoms with Crippen molar-refractivity contribution in [3.8, 4) is 0 Å². The van der Waals surface area contributed by atoms with Crippen LogP contribution in [0.25, 0.3) is 0 Å². The summed E-state index contributed by atoms with van der Waals surface area (Å²) in [5.41, 5.74) is 4.01. The van der Waals surface area contributed by atoms with Crippen molar-refractivity contribution in [2.24, 2.45) is 0 Å². The molecule has 0 aliphatic carbocycles. The van der Waals surface area contributed by atoms with Gasteiger partial charge in [0.25, 0.3) is 0 Å². The normalized spacial score (nSPS) is 18.2. The molecule has 0 saturated carbocycles. The van der Waals surface area contributed by atoms with Gasteiger partial charge in [0.1, 0.15) is 0 Å². The second kappa shape index (κ2) is 3.96. The third-order valence-corrected chi connectivity index (χ3v) is 2.95. The number of nitrogens with one attached hydrogen (secondary N) is 2. The fourth-order valence-corrected chi connectivity index (χ4v) is 1.70. The zero-order valence-electron chi connectivity index (χ0n) is 9.75. The van der Waals surface area contributed by atoms with E-state index < -0.39 is 5.54 Å². The number of hydrogen-bond acceptors (Lipinski definition) is 2. The minimum Gasteiger partial charge on any atom is -0.326 e. The quantitative estimate of drug-likeness (QED) is 0.849. The molecule has 4 nitrogen and oxygen atoms in total. The van der Waals surface area contributed by atoms with Crippen LogP contribution in [-0.4, -0.2) is 16.6 Å². The van der Waals surface area contributed by atoms with E-state index in [-0.39, 0.29) is 6.03 Å². The molecule has 2 rings (SSSR count). The highest BCUT2D eigenvalue weighted by atomic mass is 35.5. The van der Waals surface area contributed by atoms with E-state index in [9.17, 15) is 4.79 Å². The number of carbonyl (C=O) groups excluding carboxylic acids is 1. The molecule has 17 heavy (non-hydrogen) atoms. The number of rotatable bonds is 2. The summed E-state index contributed by atoms with van der Waals surface area (Å²) in [6.07, 6.45) is 0. The number of hydrazine groups is 1. The molecule has 0 unspecified atom stereocenters. The van der Waals surface area contributed by atoms with Crippen molar-refractivity contribution in [3.05, 3.63) is 41.6 Å². The second-order valence-electron chi connectivity index (χ2n) is 4.46. The van der Waals surface area contributed by atoms with Gasteiger partial charge in [0.05, 0.1) is 16.9 Å². The first-order chi connectivity index (χ1) is 7.90. The molecule has 1 saturated heterocycles. The van der Waals surface area contributed by atoms with Crippen LogP contribution < -0.4 is 10.7 Å². The molecule has 1 aromatic carbocycles. The summed E-state index contributed by atoms with van der Waals surface area (Å²) in [4.78, 5) is 11.7. The molecule has 0 bridgehead atoms. The van der Waals surface area contributed by atoms with Crippen LogP contribution in [0.1, 0.15) is 13.8 Å². The Hall–Kier alpha value is -1.68. The van der Waals surface area contributed by atoms with Gasteiger partial charge in [-0.05, 0) is 38.1 Å². The second-order valence-corrected chi connectivity index (χ2v) is 4.89. The maximum absolute atomic E-state index is 11.7. The number of nitrogens with zero attached hydrogens (tertiary/aromatic N) is 1. The number of urea groups is 1. The Balaban J connectivity index is 2.17. The molecule has 1 fully saturated rings. The van der Waals surface area contributed by atoms with E-state index in [1.807, 2.05) is 13.8 Å². The molecule has 1 heterocycles. The van der Waals surface area contributed by atoms with E-state index in [0.29, 0.717) is 10.7 Å². The standard InChI is InChI=1S/C12H14ClN3O/c1-8-12(2,3)14-11(17)16(8)15-10-6-4-9(13)5-7-10/h4-7,15H,1H2,2-3H3,(H,14,17). The highest BCUT2D eigenvalue weighted by molar-refractivity contribution is 6.30. The summed E-state index contributed by atoms with van der Waals surface area (Å²) >= 11 is 5.79. The highest BCUT2D eigenvalue weighted by Crippen LogP contribution is 2.26. The molecule has 1 aromatic rings. The predicted octanol–water partition coefficient (Wildman–Crippen LogP) is 2.98. The lowest BCUT2D eigenvalue weighted by atomic mass is 10.0. The van der Waals surface area contributed by atoms with Gasteiger partial charge >= 0.3 is 6.03 Å².